The summed E-state index contributed by atoms with van der Waals surface area (Å²) >= 11 is 0. The van der Waals surface area contributed by atoms with Crippen LogP contribution in [0.1, 0.15) is 33.7 Å². The first-order valence-electron chi connectivity index (χ1n) is 6.94. The number of anilines is 1. The highest BCUT2D eigenvalue weighted by molar-refractivity contribution is 6.39. The van der Waals surface area contributed by atoms with E-state index in [0.717, 1.165) is 0 Å². The van der Waals surface area contributed by atoms with Gasteiger partial charge in [-0.1, -0.05) is 0 Å². The average Bonchev–Trinajstić information content (AvgIpc) is 2.91. The second-order valence-corrected chi connectivity index (χ2v) is 5.08. The Morgan fingerprint density at radius 2 is 2.14 bits per heavy atom. The lowest BCUT2D eigenvalue weighted by atomic mass is 10.2. The zero-order chi connectivity index (χ0) is 16.0. The largest absolute Gasteiger partial charge is 0.333 e. The number of likely N-dealkylation sites (N-methyl/N-ethyl adjacent to an activating group) is 1. The second kappa shape index (κ2) is 7.43. The number of carbonyl (C=O) groups excluding carboxylic acids is 2. The maximum absolute atomic E-state index is 12.1. The van der Waals surface area contributed by atoms with Crippen LogP contribution in [0.2, 0.25) is 0 Å². The summed E-state index contributed by atoms with van der Waals surface area (Å²) in [6.45, 7) is 7.95. The molecule has 114 valence electrons. The lowest BCUT2D eigenvalue weighted by Crippen LogP contribution is -2.42. The molecule has 1 aromatic rings. The van der Waals surface area contributed by atoms with Crippen molar-refractivity contribution in [3.05, 3.63) is 12.3 Å². The van der Waals surface area contributed by atoms with Crippen molar-refractivity contribution in [2.75, 3.05) is 18.4 Å². The maximum atomic E-state index is 12.1. The van der Waals surface area contributed by atoms with Gasteiger partial charge < -0.3 is 10.2 Å². The standard InChI is InChI=1S/C14H21N5O2/c1-5-18(9-11(4)8-15)14(21)13(20)17-12-6-7-16-19(12)10(2)3/h6-7,10-11H,5,9H2,1-4H3,(H,17,20)/t11-/m0/s1. The van der Waals surface area contributed by atoms with Gasteiger partial charge in [0.1, 0.15) is 5.82 Å². The number of nitrogens with one attached hydrogen (secondary N) is 1. The molecule has 1 aromatic heterocycles. The molecule has 1 atom stereocenters. The number of hydrogen-bond acceptors (Lipinski definition) is 4. The van der Waals surface area contributed by atoms with Crippen LogP contribution in [-0.4, -0.2) is 39.6 Å². The van der Waals surface area contributed by atoms with Crippen molar-refractivity contribution in [1.82, 2.24) is 14.7 Å². The maximum Gasteiger partial charge on any atom is 0.315 e. The van der Waals surface area contributed by atoms with Gasteiger partial charge in [0, 0.05) is 25.2 Å². The topological polar surface area (TPSA) is 91.0 Å². The molecule has 0 aliphatic carbocycles. The Balaban J connectivity index is 2.76. The smallest absolute Gasteiger partial charge is 0.315 e. The van der Waals surface area contributed by atoms with Gasteiger partial charge in [0.15, 0.2) is 0 Å². The van der Waals surface area contributed by atoms with Gasteiger partial charge in [-0.3, -0.25) is 9.59 Å². The van der Waals surface area contributed by atoms with Crippen LogP contribution in [-0.2, 0) is 9.59 Å². The molecule has 7 heteroatoms. The summed E-state index contributed by atoms with van der Waals surface area (Å²) in [7, 11) is 0. The minimum absolute atomic E-state index is 0.0753. The summed E-state index contributed by atoms with van der Waals surface area (Å²) in [5, 5.41) is 15.5. The molecule has 7 nitrogen and oxygen atoms in total. The molecule has 21 heavy (non-hydrogen) atoms. The quantitative estimate of drug-likeness (QED) is 0.830. The fraction of sp³-hybridized carbons (Fsp3) is 0.571. The van der Waals surface area contributed by atoms with Crippen LogP contribution in [0.4, 0.5) is 5.82 Å². The second-order valence-electron chi connectivity index (χ2n) is 5.08. The van der Waals surface area contributed by atoms with E-state index in [1.165, 1.54) is 4.90 Å². The molecule has 0 aliphatic rings. The Bertz CT molecular complexity index is 544. The van der Waals surface area contributed by atoms with Gasteiger partial charge in [-0.2, -0.15) is 10.4 Å². The van der Waals surface area contributed by atoms with Crippen LogP contribution in [0, 0.1) is 17.2 Å². The molecule has 1 rings (SSSR count). The van der Waals surface area contributed by atoms with Crippen LogP contribution in [0.15, 0.2) is 12.3 Å². The SMILES string of the molecule is CCN(C[C@@H](C)C#N)C(=O)C(=O)Nc1ccnn1C(C)C. The molecule has 1 N–H and O–H groups in total. The molecule has 1 heterocycles. The Labute approximate surface area is 124 Å². The highest BCUT2D eigenvalue weighted by Crippen LogP contribution is 2.13. The number of aromatic nitrogens is 2. The van der Waals surface area contributed by atoms with Crippen molar-refractivity contribution < 1.29 is 9.59 Å². The molecule has 0 radical (unpaired) electrons. The monoisotopic (exact) mass is 291 g/mol. The summed E-state index contributed by atoms with van der Waals surface area (Å²) in [6, 6.07) is 3.77. The minimum Gasteiger partial charge on any atom is -0.333 e. The predicted octanol–water partition coefficient (Wildman–Crippen LogP) is 1.41. The van der Waals surface area contributed by atoms with Gasteiger partial charge in [-0.25, -0.2) is 4.68 Å². The molecule has 0 bridgehead atoms. The third-order valence-corrected chi connectivity index (χ3v) is 2.98. The lowest BCUT2D eigenvalue weighted by molar-refractivity contribution is -0.143. The Morgan fingerprint density at radius 3 is 2.67 bits per heavy atom. The first-order valence-corrected chi connectivity index (χ1v) is 6.94. The number of nitrogens with zero attached hydrogens (tertiary/aromatic N) is 4. The number of nitriles is 1. The summed E-state index contributed by atoms with van der Waals surface area (Å²) in [5.74, 6) is -1.20. The summed E-state index contributed by atoms with van der Waals surface area (Å²) in [5.41, 5.74) is 0. The van der Waals surface area contributed by atoms with Gasteiger partial charge in [-0.05, 0) is 27.7 Å². The highest BCUT2D eigenvalue weighted by atomic mass is 16.2. The van der Waals surface area contributed by atoms with E-state index >= 15 is 0 Å². The Kier molecular flexibility index (Phi) is 5.91. The summed E-state index contributed by atoms with van der Waals surface area (Å²) in [6.07, 6.45) is 1.56. The molecule has 0 aromatic carbocycles. The average molecular weight is 291 g/mol. The number of hydrogen-bond donors (Lipinski definition) is 1. The van der Waals surface area contributed by atoms with Crippen LogP contribution in [0.5, 0.6) is 0 Å². The van der Waals surface area contributed by atoms with Crippen molar-refractivity contribution in [2.24, 2.45) is 5.92 Å². The molecule has 0 spiro atoms. The molecule has 0 unspecified atom stereocenters. The number of rotatable bonds is 5. The van der Waals surface area contributed by atoms with Gasteiger partial charge in [0.25, 0.3) is 0 Å². The molecule has 0 saturated carbocycles. The van der Waals surface area contributed by atoms with Crippen molar-refractivity contribution >= 4 is 17.6 Å². The van der Waals surface area contributed by atoms with Crippen molar-refractivity contribution in [3.63, 3.8) is 0 Å². The first kappa shape index (κ1) is 16.7. The lowest BCUT2D eigenvalue weighted by Gasteiger charge is -2.21. The van der Waals surface area contributed by atoms with Crippen LogP contribution in [0.3, 0.4) is 0 Å². The fourth-order valence-corrected chi connectivity index (χ4v) is 1.87. The van der Waals surface area contributed by atoms with E-state index in [-0.39, 0.29) is 18.5 Å². The van der Waals surface area contributed by atoms with Gasteiger partial charge in [0.05, 0.1) is 18.2 Å². The third-order valence-electron chi connectivity index (χ3n) is 2.98. The van der Waals surface area contributed by atoms with E-state index in [2.05, 4.69) is 16.5 Å². The van der Waals surface area contributed by atoms with Gasteiger partial charge >= 0.3 is 11.8 Å². The van der Waals surface area contributed by atoms with E-state index in [4.69, 9.17) is 5.26 Å². The molecular weight excluding hydrogens is 270 g/mol. The first-order chi connectivity index (χ1) is 9.90. The fourth-order valence-electron chi connectivity index (χ4n) is 1.87. The van der Waals surface area contributed by atoms with Crippen molar-refractivity contribution in [1.29, 1.82) is 5.26 Å². The summed E-state index contributed by atoms with van der Waals surface area (Å²) in [4.78, 5) is 25.5. The number of amides is 2. The molecule has 0 fully saturated rings. The Morgan fingerprint density at radius 1 is 1.48 bits per heavy atom. The molecule has 0 aliphatic heterocycles. The van der Waals surface area contributed by atoms with Crippen LogP contribution >= 0.6 is 0 Å². The number of carbonyl (C=O) groups is 2. The molecular formula is C14H21N5O2. The predicted molar refractivity (Wildman–Crippen MR) is 78.3 cm³/mol. The highest BCUT2D eigenvalue weighted by Gasteiger charge is 2.23. The molecule has 2 amide bonds. The Hall–Kier alpha value is -2.36. The van der Waals surface area contributed by atoms with Crippen molar-refractivity contribution in [3.8, 4) is 6.07 Å². The van der Waals surface area contributed by atoms with Crippen molar-refractivity contribution in [2.45, 2.75) is 33.7 Å². The molecule has 0 saturated heterocycles. The zero-order valence-electron chi connectivity index (χ0n) is 12.8. The van der Waals surface area contributed by atoms with E-state index in [1.54, 1.807) is 30.8 Å². The summed E-state index contributed by atoms with van der Waals surface area (Å²) < 4.78 is 1.62. The van der Waals surface area contributed by atoms with E-state index in [0.29, 0.717) is 12.4 Å². The van der Waals surface area contributed by atoms with Crippen LogP contribution < -0.4 is 5.32 Å². The van der Waals surface area contributed by atoms with E-state index < -0.39 is 11.8 Å². The van der Waals surface area contributed by atoms with E-state index in [9.17, 15) is 9.59 Å². The van der Waals surface area contributed by atoms with Crippen LogP contribution in [0.25, 0.3) is 0 Å². The third kappa shape index (κ3) is 4.31. The van der Waals surface area contributed by atoms with Gasteiger partial charge in [0.2, 0.25) is 0 Å². The van der Waals surface area contributed by atoms with Gasteiger partial charge in [-0.15, -0.1) is 0 Å². The normalized spacial score (nSPS) is 11.8. The zero-order valence-corrected chi connectivity index (χ0v) is 12.8. The minimum atomic E-state index is -0.718. The van der Waals surface area contributed by atoms with E-state index in [1.807, 2.05) is 13.8 Å².